The zero-order chi connectivity index (χ0) is 19.3. The largest absolute Gasteiger partial charge is 0.301 e. The highest BCUT2D eigenvalue weighted by molar-refractivity contribution is 8.01. The Morgan fingerprint density at radius 3 is 2.39 bits per heavy atom. The summed E-state index contributed by atoms with van der Waals surface area (Å²) in [7, 11) is 0. The third-order valence-corrected chi connectivity index (χ3v) is 6.55. The molecule has 8 heteroatoms. The maximum atomic E-state index is 13.0. The van der Waals surface area contributed by atoms with Crippen molar-refractivity contribution in [2.45, 2.75) is 4.34 Å². The summed E-state index contributed by atoms with van der Waals surface area (Å²) >= 11 is 4.26. The summed E-state index contributed by atoms with van der Waals surface area (Å²) in [5.41, 5.74) is 3.49. The lowest BCUT2D eigenvalue weighted by molar-refractivity contribution is -0.113. The van der Waals surface area contributed by atoms with Crippen molar-refractivity contribution in [3.05, 3.63) is 71.2 Å². The fourth-order valence-corrected chi connectivity index (χ4v) is 4.80. The summed E-state index contributed by atoms with van der Waals surface area (Å²) in [5.74, 6) is -0.170. The maximum absolute atomic E-state index is 13.0. The number of halogens is 1. The Hall–Kier alpha value is -2.55. The number of nitrogens with zero attached hydrogens (tertiary/aromatic N) is 2. The first-order chi connectivity index (χ1) is 13.7. The number of anilines is 1. The molecule has 0 unspecified atom stereocenters. The molecule has 140 valence electrons. The van der Waals surface area contributed by atoms with Crippen molar-refractivity contribution >= 4 is 45.5 Å². The van der Waals surface area contributed by atoms with Gasteiger partial charge in [0.25, 0.3) is 0 Å². The molecule has 4 rings (SSSR count). The van der Waals surface area contributed by atoms with Crippen molar-refractivity contribution in [2.24, 2.45) is 0 Å². The van der Waals surface area contributed by atoms with Crippen molar-refractivity contribution in [3.8, 4) is 22.5 Å². The molecule has 0 aliphatic rings. The molecule has 0 bridgehead atoms. The third-order valence-electron chi connectivity index (χ3n) is 3.77. The molecule has 1 amide bonds. The average Bonchev–Trinajstić information content (AvgIpc) is 3.37. The SMILES string of the molecule is O=C(CSc1nc(-c2ccccc2)cs1)Nc1nc(-c2ccc(F)cc2)cs1. The lowest BCUT2D eigenvalue weighted by atomic mass is 10.2. The van der Waals surface area contributed by atoms with E-state index in [-0.39, 0.29) is 17.5 Å². The summed E-state index contributed by atoms with van der Waals surface area (Å²) in [5, 5.41) is 7.15. The second-order valence-corrected chi connectivity index (χ2v) is 8.68. The van der Waals surface area contributed by atoms with Crippen molar-refractivity contribution in [1.29, 1.82) is 0 Å². The summed E-state index contributed by atoms with van der Waals surface area (Å²) in [6.45, 7) is 0. The third kappa shape index (κ3) is 4.64. The minimum Gasteiger partial charge on any atom is -0.301 e. The van der Waals surface area contributed by atoms with Crippen LogP contribution in [0.3, 0.4) is 0 Å². The monoisotopic (exact) mass is 427 g/mol. The van der Waals surface area contributed by atoms with Crippen molar-refractivity contribution in [3.63, 3.8) is 0 Å². The molecule has 0 radical (unpaired) electrons. The number of amides is 1. The minimum absolute atomic E-state index is 0.138. The number of carbonyl (C=O) groups excluding carboxylic acids is 1. The Morgan fingerprint density at radius 2 is 1.61 bits per heavy atom. The normalized spacial score (nSPS) is 10.8. The van der Waals surface area contributed by atoms with Gasteiger partial charge in [0, 0.05) is 21.9 Å². The number of hydrogen-bond donors (Lipinski definition) is 1. The zero-order valence-electron chi connectivity index (χ0n) is 14.5. The minimum atomic E-state index is -0.290. The lowest BCUT2D eigenvalue weighted by Gasteiger charge is -2.00. The zero-order valence-corrected chi connectivity index (χ0v) is 16.9. The van der Waals surface area contributed by atoms with Gasteiger partial charge in [-0.15, -0.1) is 22.7 Å². The molecule has 2 heterocycles. The molecule has 28 heavy (non-hydrogen) atoms. The van der Waals surface area contributed by atoms with Gasteiger partial charge in [-0.25, -0.2) is 14.4 Å². The fraction of sp³-hybridized carbons (Fsp3) is 0.0500. The standard InChI is InChI=1S/C20H14FN3OS3/c21-15-8-6-14(7-9-15)16-10-26-19(22-16)24-18(25)12-28-20-23-17(11-27-20)13-4-2-1-3-5-13/h1-11H,12H2,(H,22,24,25). The molecule has 0 spiro atoms. The molecule has 0 aliphatic heterocycles. The molecule has 0 saturated carbocycles. The van der Waals surface area contributed by atoms with Gasteiger partial charge in [0.1, 0.15) is 5.82 Å². The first kappa shape index (κ1) is 18.8. The smallest absolute Gasteiger partial charge is 0.236 e. The van der Waals surface area contributed by atoms with Crippen LogP contribution in [0.5, 0.6) is 0 Å². The van der Waals surface area contributed by atoms with E-state index in [1.807, 2.05) is 41.1 Å². The van der Waals surface area contributed by atoms with E-state index in [2.05, 4.69) is 15.3 Å². The summed E-state index contributed by atoms with van der Waals surface area (Å²) in [4.78, 5) is 21.2. The lowest BCUT2D eigenvalue weighted by Crippen LogP contribution is -2.13. The number of nitrogens with one attached hydrogen (secondary N) is 1. The van der Waals surface area contributed by atoms with E-state index in [0.717, 1.165) is 21.2 Å². The van der Waals surface area contributed by atoms with Gasteiger partial charge in [0.15, 0.2) is 9.47 Å². The van der Waals surface area contributed by atoms with E-state index in [1.165, 1.54) is 46.6 Å². The summed E-state index contributed by atoms with van der Waals surface area (Å²) < 4.78 is 13.9. The molecular formula is C20H14FN3OS3. The molecule has 0 fully saturated rings. The molecule has 0 aliphatic carbocycles. The number of carbonyl (C=O) groups is 1. The number of thioether (sulfide) groups is 1. The number of benzene rings is 2. The predicted octanol–water partition coefficient (Wildman–Crippen LogP) is 5.80. The van der Waals surface area contributed by atoms with Gasteiger partial charge in [-0.05, 0) is 24.3 Å². The van der Waals surface area contributed by atoms with Crippen molar-refractivity contribution in [1.82, 2.24) is 9.97 Å². The van der Waals surface area contributed by atoms with Gasteiger partial charge in [0.05, 0.1) is 17.1 Å². The van der Waals surface area contributed by atoms with Crippen LogP contribution in [0, 0.1) is 5.82 Å². The van der Waals surface area contributed by atoms with Crippen LogP contribution in [-0.4, -0.2) is 21.6 Å². The van der Waals surface area contributed by atoms with Gasteiger partial charge in [-0.1, -0.05) is 42.1 Å². The first-order valence-corrected chi connectivity index (χ1v) is 11.1. The number of aromatic nitrogens is 2. The van der Waals surface area contributed by atoms with Crippen molar-refractivity contribution < 1.29 is 9.18 Å². The Morgan fingerprint density at radius 1 is 0.929 bits per heavy atom. The number of hydrogen-bond acceptors (Lipinski definition) is 6. The predicted molar refractivity (Wildman–Crippen MR) is 114 cm³/mol. The second kappa shape index (κ2) is 8.64. The van der Waals surface area contributed by atoms with E-state index < -0.39 is 0 Å². The number of thiazole rings is 2. The van der Waals surface area contributed by atoms with Crippen LogP contribution in [0.25, 0.3) is 22.5 Å². The van der Waals surface area contributed by atoms with Crippen LogP contribution in [0.15, 0.2) is 69.7 Å². The van der Waals surface area contributed by atoms with E-state index in [4.69, 9.17) is 0 Å². The van der Waals surface area contributed by atoms with Gasteiger partial charge < -0.3 is 5.32 Å². The Balaban J connectivity index is 1.33. The summed E-state index contributed by atoms with van der Waals surface area (Å²) in [6, 6.07) is 16.1. The highest BCUT2D eigenvalue weighted by Gasteiger charge is 2.11. The van der Waals surface area contributed by atoms with Crippen LogP contribution >= 0.6 is 34.4 Å². The first-order valence-electron chi connectivity index (χ1n) is 8.32. The van der Waals surface area contributed by atoms with Crippen molar-refractivity contribution in [2.75, 3.05) is 11.1 Å². The molecular weight excluding hydrogens is 413 g/mol. The second-order valence-electron chi connectivity index (χ2n) is 5.75. The topological polar surface area (TPSA) is 54.9 Å². The van der Waals surface area contributed by atoms with Gasteiger partial charge in [0.2, 0.25) is 5.91 Å². The van der Waals surface area contributed by atoms with E-state index in [0.29, 0.717) is 10.8 Å². The number of rotatable bonds is 6. The average molecular weight is 428 g/mol. The van der Waals surface area contributed by atoms with Crippen LogP contribution in [0.2, 0.25) is 0 Å². The van der Waals surface area contributed by atoms with Gasteiger partial charge in [-0.2, -0.15) is 0 Å². The molecule has 4 aromatic rings. The Kier molecular flexibility index (Phi) is 5.80. The molecule has 4 nitrogen and oxygen atoms in total. The molecule has 0 saturated heterocycles. The Labute approximate surface area is 173 Å². The van der Waals surface area contributed by atoms with E-state index in [9.17, 15) is 9.18 Å². The summed E-state index contributed by atoms with van der Waals surface area (Å²) in [6.07, 6.45) is 0. The molecule has 1 N–H and O–H groups in total. The van der Waals surface area contributed by atoms with Crippen LogP contribution in [-0.2, 0) is 4.79 Å². The maximum Gasteiger partial charge on any atom is 0.236 e. The van der Waals surface area contributed by atoms with Gasteiger partial charge >= 0.3 is 0 Å². The van der Waals surface area contributed by atoms with Crippen LogP contribution in [0.4, 0.5) is 9.52 Å². The fourth-order valence-electron chi connectivity index (χ4n) is 2.43. The highest BCUT2D eigenvalue weighted by Crippen LogP contribution is 2.29. The molecule has 2 aromatic carbocycles. The molecule has 2 aromatic heterocycles. The highest BCUT2D eigenvalue weighted by atomic mass is 32.2. The van der Waals surface area contributed by atoms with Crippen LogP contribution in [0.1, 0.15) is 0 Å². The quantitative estimate of drug-likeness (QED) is 0.395. The van der Waals surface area contributed by atoms with Gasteiger partial charge in [-0.3, -0.25) is 4.79 Å². The van der Waals surface area contributed by atoms with E-state index in [1.54, 1.807) is 12.1 Å². The van der Waals surface area contributed by atoms with Crippen LogP contribution < -0.4 is 5.32 Å². The van der Waals surface area contributed by atoms with E-state index >= 15 is 0 Å². The Bertz CT molecular complexity index is 1080. The molecule has 0 atom stereocenters.